The molecular formula is C21H22ClN3O3S2. The zero-order valence-electron chi connectivity index (χ0n) is 16.4. The highest BCUT2D eigenvalue weighted by Gasteiger charge is 2.18. The van der Waals surface area contributed by atoms with Crippen LogP contribution in [0.4, 0.5) is 5.69 Å². The molecule has 158 valence electrons. The van der Waals surface area contributed by atoms with E-state index >= 15 is 0 Å². The standard InChI is InChI=1S/C21H22ClN3O3S2/c1-15-14-29-20(24-15)8-4-5-13-23-21(26)18-6-2-3-7-19(18)25-30(27,28)17-11-9-16(22)10-12-17/h2-3,6-7,9-12,14,25H,4-5,8,13H2,1H3,(H,23,26). The topological polar surface area (TPSA) is 88.2 Å². The summed E-state index contributed by atoms with van der Waals surface area (Å²) in [4.78, 5) is 17.1. The number of rotatable bonds is 9. The number of sulfonamides is 1. The monoisotopic (exact) mass is 463 g/mol. The van der Waals surface area contributed by atoms with Crippen molar-refractivity contribution in [1.29, 1.82) is 0 Å². The Morgan fingerprint density at radius 1 is 1.10 bits per heavy atom. The summed E-state index contributed by atoms with van der Waals surface area (Å²) >= 11 is 7.47. The molecule has 0 aliphatic rings. The summed E-state index contributed by atoms with van der Waals surface area (Å²) in [6.45, 7) is 2.47. The van der Waals surface area contributed by atoms with Gasteiger partial charge in [0.25, 0.3) is 15.9 Å². The number of unbranched alkanes of at least 4 members (excludes halogenated alkanes) is 1. The van der Waals surface area contributed by atoms with E-state index in [4.69, 9.17) is 11.6 Å². The van der Waals surface area contributed by atoms with E-state index in [0.717, 1.165) is 30.0 Å². The first-order valence-electron chi connectivity index (χ1n) is 9.42. The molecule has 3 aromatic rings. The highest BCUT2D eigenvalue weighted by Crippen LogP contribution is 2.21. The molecule has 3 rings (SSSR count). The maximum atomic E-state index is 12.6. The molecule has 0 radical (unpaired) electrons. The van der Waals surface area contributed by atoms with Crippen molar-refractivity contribution in [2.45, 2.75) is 31.1 Å². The summed E-state index contributed by atoms with van der Waals surface area (Å²) in [5, 5.41) is 6.42. The van der Waals surface area contributed by atoms with Gasteiger partial charge in [0.15, 0.2) is 0 Å². The number of amides is 1. The quantitative estimate of drug-likeness (QED) is 0.452. The van der Waals surface area contributed by atoms with Crippen LogP contribution in [-0.2, 0) is 16.4 Å². The number of nitrogens with one attached hydrogen (secondary N) is 2. The summed E-state index contributed by atoms with van der Waals surface area (Å²) in [5.41, 5.74) is 1.52. The molecule has 0 fully saturated rings. The van der Waals surface area contributed by atoms with Gasteiger partial charge in [-0.3, -0.25) is 9.52 Å². The Balaban J connectivity index is 1.58. The van der Waals surface area contributed by atoms with Crippen LogP contribution in [-0.4, -0.2) is 25.9 Å². The largest absolute Gasteiger partial charge is 0.352 e. The Bertz CT molecular complexity index is 1110. The number of carbonyl (C=O) groups is 1. The van der Waals surface area contributed by atoms with Crippen LogP contribution in [0.3, 0.4) is 0 Å². The van der Waals surface area contributed by atoms with Crippen LogP contribution in [0, 0.1) is 6.92 Å². The highest BCUT2D eigenvalue weighted by atomic mass is 35.5. The van der Waals surface area contributed by atoms with Crippen LogP contribution < -0.4 is 10.0 Å². The van der Waals surface area contributed by atoms with Crippen LogP contribution in [0.25, 0.3) is 0 Å². The second kappa shape index (κ2) is 10.1. The van der Waals surface area contributed by atoms with Crippen molar-refractivity contribution in [3.8, 4) is 0 Å². The van der Waals surface area contributed by atoms with Gasteiger partial charge in [0.05, 0.1) is 21.2 Å². The van der Waals surface area contributed by atoms with Crippen LogP contribution in [0.15, 0.2) is 58.8 Å². The van der Waals surface area contributed by atoms with Crippen molar-refractivity contribution in [1.82, 2.24) is 10.3 Å². The van der Waals surface area contributed by atoms with Gasteiger partial charge >= 0.3 is 0 Å². The van der Waals surface area contributed by atoms with Crippen LogP contribution in [0.1, 0.15) is 33.9 Å². The number of hydrogen-bond donors (Lipinski definition) is 2. The number of hydrogen-bond acceptors (Lipinski definition) is 5. The maximum Gasteiger partial charge on any atom is 0.261 e. The van der Waals surface area contributed by atoms with E-state index in [9.17, 15) is 13.2 Å². The Kier molecular flexibility index (Phi) is 7.47. The third-order valence-corrected chi connectivity index (χ3v) is 6.97. The second-order valence-electron chi connectivity index (χ2n) is 6.70. The number of benzene rings is 2. The van der Waals surface area contributed by atoms with Gasteiger partial charge in [-0.2, -0.15) is 0 Å². The van der Waals surface area contributed by atoms with Gasteiger partial charge in [-0.25, -0.2) is 13.4 Å². The van der Waals surface area contributed by atoms with E-state index in [1.54, 1.807) is 35.6 Å². The van der Waals surface area contributed by atoms with E-state index in [0.29, 0.717) is 11.6 Å². The van der Waals surface area contributed by atoms with E-state index in [2.05, 4.69) is 15.0 Å². The summed E-state index contributed by atoms with van der Waals surface area (Å²) in [5.74, 6) is -0.325. The van der Waals surface area contributed by atoms with Crippen molar-refractivity contribution >= 4 is 44.6 Å². The number of thiazole rings is 1. The molecule has 0 atom stereocenters. The fraction of sp³-hybridized carbons (Fsp3) is 0.238. The number of halogens is 1. The molecule has 0 unspecified atom stereocenters. The fourth-order valence-electron chi connectivity index (χ4n) is 2.80. The summed E-state index contributed by atoms with van der Waals surface area (Å²) in [6, 6.07) is 12.4. The lowest BCUT2D eigenvalue weighted by molar-refractivity contribution is 0.0954. The zero-order valence-corrected chi connectivity index (χ0v) is 18.8. The summed E-state index contributed by atoms with van der Waals surface area (Å²) < 4.78 is 27.8. The van der Waals surface area contributed by atoms with Crippen molar-refractivity contribution in [2.24, 2.45) is 0 Å². The molecule has 0 aliphatic carbocycles. The molecular weight excluding hydrogens is 442 g/mol. The Labute approximate surface area is 185 Å². The summed E-state index contributed by atoms with van der Waals surface area (Å²) in [7, 11) is -3.84. The molecule has 30 heavy (non-hydrogen) atoms. The Hall–Kier alpha value is -2.42. The van der Waals surface area contributed by atoms with Crippen LogP contribution in [0.2, 0.25) is 5.02 Å². The lowest BCUT2D eigenvalue weighted by Gasteiger charge is -2.13. The van der Waals surface area contributed by atoms with Crippen LogP contribution >= 0.6 is 22.9 Å². The van der Waals surface area contributed by atoms with Crippen molar-refractivity contribution < 1.29 is 13.2 Å². The smallest absolute Gasteiger partial charge is 0.261 e. The average molecular weight is 464 g/mol. The fourth-order valence-corrected chi connectivity index (χ4v) is 4.83. The van der Waals surface area contributed by atoms with E-state index in [-0.39, 0.29) is 22.1 Å². The third kappa shape index (κ3) is 6.04. The van der Waals surface area contributed by atoms with Gasteiger partial charge in [-0.15, -0.1) is 11.3 Å². The minimum atomic E-state index is -3.84. The normalized spacial score (nSPS) is 11.3. The zero-order chi connectivity index (χ0) is 21.6. The molecule has 0 aliphatic heterocycles. The summed E-state index contributed by atoms with van der Waals surface area (Å²) in [6.07, 6.45) is 2.60. The van der Waals surface area contributed by atoms with E-state index in [1.807, 2.05) is 12.3 Å². The molecule has 6 nitrogen and oxygen atoms in total. The maximum absolute atomic E-state index is 12.6. The molecule has 0 spiro atoms. The van der Waals surface area contributed by atoms with Gasteiger partial charge in [0.1, 0.15) is 0 Å². The molecule has 2 aromatic carbocycles. The lowest BCUT2D eigenvalue weighted by atomic mass is 10.1. The molecule has 2 N–H and O–H groups in total. The van der Waals surface area contributed by atoms with Gasteiger partial charge in [0, 0.05) is 22.6 Å². The first-order chi connectivity index (χ1) is 14.3. The molecule has 1 heterocycles. The molecule has 0 saturated carbocycles. The SMILES string of the molecule is Cc1csc(CCCCNC(=O)c2ccccc2NS(=O)(=O)c2ccc(Cl)cc2)n1. The minimum absolute atomic E-state index is 0.0690. The van der Waals surface area contributed by atoms with Gasteiger partial charge in [0.2, 0.25) is 0 Å². The molecule has 0 saturated heterocycles. The second-order valence-corrected chi connectivity index (χ2v) is 9.76. The first-order valence-corrected chi connectivity index (χ1v) is 12.2. The number of anilines is 1. The number of para-hydroxylation sites is 1. The van der Waals surface area contributed by atoms with Crippen molar-refractivity contribution in [3.05, 3.63) is 75.2 Å². The molecule has 9 heteroatoms. The number of aromatic nitrogens is 1. The van der Waals surface area contributed by atoms with Gasteiger partial charge in [-0.1, -0.05) is 23.7 Å². The van der Waals surface area contributed by atoms with Crippen molar-refractivity contribution in [3.63, 3.8) is 0 Å². The molecule has 0 bridgehead atoms. The van der Waals surface area contributed by atoms with Gasteiger partial charge in [-0.05, 0) is 62.6 Å². The average Bonchev–Trinajstić information content (AvgIpc) is 3.13. The highest BCUT2D eigenvalue weighted by molar-refractivity contribution is 7.92. The van der Waals surface area contributed by atoms with Crippen LogP contribution in [0.5, 0.6) is 0 Å². The Morgan fingerprint density at radius 2 is 1.83 bits per heavy atom. The van der Waals surface area contributed by atoms with E-state index < -0.39 is 10.0 Å². The van der Waals surface area contributed by atoms with E-state index in [1.165, 1.54) is 24.3 Å². The Morgan fingerprint density at radius 3 is 2.53 bits per heavy atom. The number of aryl methyl sites for hydroxylation is 2. The minimum Gasteiger partial charge on any atom is -0.352 e. The lowest BCUT2D eigenvalue weighted by Crippen LogP contribution is -2.26. The predicted octanol–water partition coefficient (Wildman–Crippen LogP) is 4.66. The predicted molar refractivity (Wildman–Crippen MR) is 121 cm³/mol. The number of nitrogens with zero attached hydrogens (tertiary/aromatic N) is 1. The third-order valence-electron chi connectivity index (χ3n) is 4.31. The first kappa shape index (κ1) is 22.3. The molecule has 1 aromatic heterocycles. The van der Waals surface area contributed by atoms with Gasteiger partial charge < -0.3 is 5.32 Å². The van der Waals surface area contributed by atoms with Crippen molar-refractivity contribution in [2.75, 3.05) is 11.3 Å². The number of carbonyl (C=O) groups excluding carboxylic acids is 1. The molecule has 1 amide bonds.